The Balaban J connectivity index is 3.48. The lowest BCUT2D eigenvalue weighted by atomic mass is 10.1. The molecule has 0 spiro atoms. The molecule has 0 bridgehead atoms. The van der Waals surface area contributed by atoms with Crippen molar-refractivity contribution >= 4 is 11.9 Å². The van der Waals surface area contributed by atoms with Crippen molar-refractivity contribution in [2.45, 2.75) is 25.3 Å². The first-order valence-corrected chi connectivity index (χ1v) is 5.33. The molecular formula is C10H21N3O3. The third-order valence-corrected chi connectivity index (χ3v) is 2.10. The van der Waals surface area contributed by atoms with Gasteiger partial charge in [-0.05, 0) is 33.5 Å². The molecule has 0 aliphatic rings. The number of carboxylic acids is 1. The highest BCUT2D eigenvalue weighted by molar-refractivity contribution is 5.78. The van der Waals surface area contributed by atoms with Crippen LogP contribution >= 0.6 is 0 Å². The second-order valence-electron chi connectivity index (χ2n) is 3.99. The first-order valence-electron chi connectivity index (χ1n) is 5.33. The molecule has 0 heterocycles. The molecule has 0 radical (unpaired) electrons. The largest absolute Gasteiger partial charge is 0.480 e. The molecule has 16 heavy (non-hydrogen) atoms. The van der Waals surface area contributed by atoms with Crippen LogP contribution < -0.4 is 11.1 Å². The smallest absolute Gasteiger partial charge is 0.320 e. The summed E-state index contributed by atoms with van der Waals surface area (Å²) in [5, 5.41) is 11.2. The lowest BCUT2D eigenvalue weighted by Crippen LogP contribution is -2.33. The molecule has 0 aliphatic carbocycles. The second-order valence-corrected chi connectivity index (χ2v) is 3.99. The molecule has 0 fully saturated rings. The zero-order valence-electron chi connectivity index (χ0n) is 9.90. The Morgan fingerprint density at radius 1 is 1.44 bits per heavy atom. The molecule has 6 nitrogen and oxygen atoms in total. The van der Waals surface area contributed by atoms with Gasteiger partial charge in [-0.1, -0.05) is 0 Å². The van der Waals surface area contributed by atoms with Gasteiger partial charge in [-0.15, -0.1) is 0 Å². The molecule has 0 rings (SSSR count). The van der Waals surface area contributed by atoms with Crippen molar-refractivity contribution in [2.75, 3.05) is 27.2 Å². The van der Waals surface area contributed by atoms with E-state index in [1.165, 1.54) is 0 Å². The second kappa shape index (κ2) is 8.06. The molecule has 1 amide bonds. The van der Waals surface area contributed by atoms with E-state index in [4.69, 9.17) is 10.8 Å². The normalized spacial score (nSPS) is 12.5. The van der Waals surface area contributed by atoms with Crippen LogP contribution in [-0.2, 0) is 9.59 Å². The van der Waals surface area contributed by atoms with E-state index in [0.29, 0.717) is 6.54 Å². The van der Waals surface area contributed by atoms with Crippen LogP contribution in [0.1, 0.15) is 19.3 Å². The van der Waals surface area contributed by atoms with Crippen molar-refractivity contribution in [3.05, 3.63) is 0 Å². The standard InChI is InChI=1S/C10H21N3O3/c1-13(2)7-3-6-12-9(14)5-4-8(11)10(15)16/h8H,3-7,11H2,1-2H3,(H,12,14)(H,15,16). The summed E-state index contributed by atoms with van der Waals surface area (Å²) in [7, 11) is 3.93. The summed E-state index contributed by atoms with van der Waals surface area (Å²) in [6, 6.07) is -0.951. The lowest BCUT2D eigenvalue weighted by Gasteiger charge is -2.10. The molecule has 0 aromatic rings. The highest BCUT2D eigenvalue weighted by atomic mass is 16.4. The molecule has 1 unspecified atom stereocenters. The van der Waals surface area contributed by atoms with Crippen molar-refractivity contribution in [2.24, 2.45) is 5.73 Å². The Morgan fingerprint density at radius 2 is 2.06 bits per heavy atom. The maximum Gasteiger partial charge on any atom is 0.320 e. The Morgan fingerprint density at radius 3 is 2.56 bits per heavy atom. The molecule has 0 saturated carbocycles. The number of carbonyl (C=O) groups excluding carboxylic acids is 1. The van der Waals surface area contributed by atoms with Crippen molar-refractivity contribution in [3.8, 4) is 0 Å². The Bertz CT molecular complexity index is 231. The predicted octanol–water partition coefficient (Wildman–Crippen LogP) is -0.754. The monoisotopic (exact) mass is 231 g/mol. The van der Waals surface area contributed by atoms with Gasteiger partial charge in [0.05, 0.1) is 0 Å². The zero-order chi connectivity index (χ0) is 12.6. The summed E-state index contributed by atoms with van der Waals surface area (Å²) in [5.74, 6) is -1.21. The molecule has 0 aromatic heterocycles. The van der Waals surface area contributed by atoms with Crippen LogP contribution in [-0.4, -0.2) is 55.1 Å². The number of nitrogens with one attached hydrogen (secondary N) is 1. The number of nitrogens with zero attached hydrogens (tertiary/aromatic N) is 1. The average Bonchev–Trinajstić information content (AvgIpc) is 2.20. The fraction of sp³-hybridized carbons (Fsp3) is 0.800. The molecule has 4 N–H and O–H groups in total. The Kier molecular flexibility index (Phi) is 7.49. The third-order valence-electron chi connectivity index (χ3n) is 2.10. The molecular weight excluding hydrogens is 210 g/mol. The lowest BCUT2D eigenvalue weighted by molar-refractivity contribution is -0.138. The molecule has 1 atom stereocenters. The quantitative estimate of drug-likeness (QED) is 0.478. The minimum atomic E-state index is -1.07. The van der Waals surface area contributed by atoms with Crippen LogP contribution in [0.2, 0.25) is 0 Å². The number of hydrogen-bond donors (Lipinski definition) is 3. The van der Waals surface area contributed by atoms with E-state index in [1.807, 2.05) is 19.0 Å². The minimum absolute atomic E-state index is 0.143. The number of amides is 1. The van der Waals surface area contributed by atoms with Crippen LogP contribution in [0.4, 0.5) is 0 Å². The van der Waals surface area contributed by atoms with Gasteiger partial charge in [-0.2, -0.15) is 0 Å². The van der Waals surface area contributed by atoms with E-state index < -0.39 is 12.0 Å². The van der Waals surface area contributed by atoms with Crippen LogP contribution in [0.3, 0.4) is 0 Å². The summed E-state index contributed by atoms with van der Waals surface area (Å²) in [4.78, 5) is 23.7. The third kappa shape index (κ3) is 8.19. The highest BCUT2D eigenvalue weighted by Crippen LogP contribution is 1.94. The van der Waals surface area contributed by atoms with Gasteiger partial charge >= 0.3 is 5.97 Å². The van der Waals surface area contributed by atoms with Gasteiger partial charge in [-0.25, -0.2) is 0 Å². The summed E-state index contributed by atoms with van der Waals surface area (Å²) in [6.07, 6.45) is 1.22. The van der Waals surface area contributed by atoms with Crippen LogP contribution in [0, 0.1) is 0 Å². The molecule has 6 heteroatoms. The van der Waals surface area contributed by atoms with E-state index >= 15 is 0 Å². The van der Waals surface area contributed by atoms with E-state index in [1.54, 1.807) is 0 Å². The predicted molar refractivity (Wildman–Crippen MR) is 61.0 cm³/mol. The SMILES string of the molecule is CN(C)CCCNC(=O)CCC(N)C(=O)O. The van der Waals surface area contributed by atoms with Crippen LogP contribution in [0.15, 0.2) is 0 Å². The maximum absolute atomic E-state index is 11.2. The van der Waals surface area contributed by atoms with Gasteiger partial charge in [-0.3, -0.25) is 9.59 Å². The highest BCUT2D eigenvalue weighted by Gasteiger charge is 2.12. The minimum Gasteiger partial charge on any atom is -0.480 e. The van der Waals surface area contributed by atoms with Crippen LogP contribution in [0.25, 0.3) is 0 Å². The fourth-order valence-corrected chi connectivity index (χ4v) is 1.12. The number of aliphatic carboxylic acids is 1. The van der Waals surface area contributed by atoms with E-state index in [9.17, 15) is 9.59 Å². The average molecular weight is 231 g/mol. The van der Waals surface area contributed by atoms with E-state index in [0.717, 1.165) is 13.0 Å². The Labute approximate surface area is 95.8 Å². The molecule has 94 valence electrons. The fourth-order valence-electron chi connectivity index (χ4n) is 1.12. The number of nitrogens with two attached hydrogens (primary N) is 1. The molecule has 0 aliphatic heterocycles. The van der Waals surface area contributed by atoms with Crippen molar-refractivity contribution in [1.82, 2.24) is 10.2 Å². The van der Waals surface area contributed by atoms with Gasteiger partial charge in [0.25, 0.3) is 0 Å². The van der Waals surface area contributed by atoms with Gasteiger partial charge in [0.15, 0.2) is 0 Å². The number of hydrogen-bond acceptors (Lipinski definition) is 4. The summed E-state index contributed by atoms with van der Waals surface area (Å²) >= 11 is 0. The van der Waals surface area contributed by atoms with Crippen molar-refractivity contribution in [1.29, 1.82) is 0 Å². The van der Waals surface area contributed by atoms with Gasteiger partial charge in [0, 0.05) is 13.0 Å². The van der Waals surface area contributed by atoms with Crippen molar-refractivity contribution in [3.63, 3.8) is 0 Å². The van der Waals surface area contributed by atoms with E-state index in [2.05, 4.69) is 5.32 Å². The van der Waals surface area contributed by atoms with Gasteiger partial charge < -0.3 is 21.1 Å². The number of carboxylic acid groups (broad SMARTS) is 1. The van der Waals surface area contributed by atoms with Crippen molar-refractivity contribution < 1.29 is 14.7 Å². The Hall–Kier alpha value is -1.14. The van der Waals surface area contributed by atoms with Gasteiger partial charge in [0.1, 0.15) is 6.04 Å². The first kappa shape index (κ1) is 14.9. The zero-order valence-corrected chi connectivity index (χ0v) is 9.90. The van der Waals surface area contributed by atoms with E-state index in [-0.39, 0.29) is 18.7 Å². The summed E-state index contributed by atoms with van der Waals surface area (Å²) < 4.78 is 0. The van der Waals surface area contributed by atoms with Crippen LogP contribution in [0.5, 0.6) is 0 Å². The number of rotatable bonds is 8. The van der Waals surface area contributed by atoms with Gasteiger partial charge in [0.2, 0.25) is 5.91 Å². The number of carbonyl (C=O) groups is 2. The molecule has 0 saturated heterocycles. The topological polar surface area (TPSA) is 95.7 Å². The summed E-state index contributed by atoms with van der Waals surface area (Å²) in [6.45, 7) is 1.52. The molecule has 0 aromatic carbocycles. The summed E-state index contributed by atoms with van der Waals surface area (Å²) in [5.41, 5.74) is 5.27. The first-order chi connectivity index (χ1) is 7.43. The maximum atomic E-state index is 11.2.